The summed E-state index contributed by atoms with van der Waals surface area (Å²) >= 11 is 1.35. The van der Waals surface area contributed by atoms with Crippen LogP contribution in [0.2, 0.25) is 0 Å². The lowest BCUT2D eigenvalue weighted by Crippen LogP contribution is -2.33. The van der Waals surface area contributed by atoms with Crippen LogP contribution >= 0.6 is 11.3 Å². The number of pyridine rings is 1. The minimum atomic E-state index is -0.470. The van der Waals surface area contributed by atoms with Gasteiger partial charge in [-0.15, -0.1) is 11.3 Å². The number of nitrogens with zero attached hydrogens (tertiary/aromatic N) is 4. The molecular formula is C31H26FN5O2S. The first-order valence-corrected chi connectivity index (χ1v) is 13.7. The fourth-order valence-corrected chi connectivity index (χ4v) is 6.21. The standard InChI is InChI=1S/C31H26FN5O2S/c1-18-8-6-10-22(32)28(18)34-30(38)27-17-20-14-15-37(25-13-5-4-9-21(25)29(20)40-27)31(39)24-12-7-11-23(33-24)26-16-19(2)35-36(26)3/h4-13,16-17H,14-15H2,1-3H3,(H,34,38). The van der Waals surface area contributed by atoms with E-state index >= 15 is 0 Å². The molecule has 0 radical (unpaired) electrons. The minimum absolute atomic E-state index is 0.185. The van der Waals surface area contributed by atoms with Crippen LogP contribution in [-0.4, -0.2) is 33.1 Å². The number of aromatic nitrogens is 3. The molecule has 200 valence electrons. The van der Waals surface area contributed by atoms with Crippen molar-refractivity contribution in [3.63, 3.8) is 0 Å². The van der Waals surface area contributed by atoms with E-state index in [4.69, 9.17) is 4.98 Å². The highest BCUT2D eigenvalue weighted by Gasteiger charge is 2.28. The van der Waals surface area contributed by atoms with E-state index in [1.807, 2.05) is 62.5 Å². The summed E-state index contributed by atoms with van der Waals surface area (Å²) in [5.41, 5.74) is 6.17. The van der Waals surface area contributed by atoms with Crippen LogP contribution in [0.15, 0.2) is 72.8 Å². The topological polar surface area (TPSA) is 80.1 Å². The number of carbonyl (C=O) groups is 2. The van der Waals surface area contributed by atoms with Crippen molar-refractivity contribution in [3.8, 4) is 21.8 Å². The number of hydrogen-bond acceptors (Lipinski definition) is 5. The lowest BCUT2D eigenvalue weighted by atomic mass is 10.1. The van der Waals surface area contributed by atoms with Crippen molar-refractivity contribution in [2.75, 3.05) is 16.8 Å². The SMILES string of the molecule is Cc1cc(-c2cccc(C(=O)N3CCc4cc(C(=O)Nc5c(C)cccc5F)sc4-c4ccccc43)n2)n(C)n1. The van der Waals surface area contributed by atoms with Crippen LogP contribution in [0.5, 0.6) is 0 Å². The fraction of sp³-hybridized carbons (Fsp3) is 0.161. The molecule has 7 nitrogen and oxygen atoms in total. The number of halogens is 1. The van der Waals surface area contributed by atoms with Crippen LogP contribution < -0.4 is 10.2 Å². The first-order chi connectivity index (χ1) is 19.3. The molecule has 40 heavy (non-hydrogen) atoms. The molecule has 0 saturated carbocycles. The van der Waals surface area contributed by atoms with E-state index < -0.39 is 5.82 Å². The van der Waals surface area contributed by atoms with Gasteiger partial charge in [-0.05, 0) is 67.8 Å². The van der Waals surface area contributed by atoms with Gasteiger partial charge in [0.15, 0.2) is 0 Å². The van der Waals surface area contributed by atoms with Crippen LogP contribution in [0.1, 0.15) is 37.0 Å². The number of para-hydroxylation sites is 2. The number of carbonyl (C=O) groups excluding carboxylic acids is 2. The zero-order valence-electron chi connectivity index (χ0n) is 22.2. The number of anilines is 2. The highest BCUT2D eigenvalue weighted by atomic mass is 32.1. The van der Waals surface area contributed by atoms with Crippen molar-refractivity contribution >= 4 is 34.5 Å². The lowest BCUT2D eigenvalue weighted by molar-refractivity contribution is 0.0981. The van der Waals surface area contributed by atoms with Gasteiger partial charge in [-0.25, -0.2) is 9.37 Å². The Balaban J connectivity index is 1.32. The minimum Gasteiger partial charge on any atom is -0.319 e. The highest BCUT2D eigenvalue weighted by molar-refractivity contribution is 7.17. The van der Waals surface area contributed by atoms with Gasteiger partial charge in [0.05, 0.1) is 33.3 Å². The Labute approximate surface area is 234 Å². The normalized spacial score (nSPS) is 12.4. The van der Waals surface area contributed by atoms with E-state index in [1.54, 1.807) is 34.7 Å². The first kappa shape index (κ1) is 25.6. The third-order valence-corrected chi connectivity index (χ3v) is 8.22. The summed E-state index contributed by atoms with van der Waals surface area (Å²) < 4.78 is 16.1. The molecule has 1 aliphatic heterocycles. The smallest absolute Gasteiger partial charge is 0.276 e. The highest BCUT2D eigenvalue weighted by Crippen LogP contribution is 2.42. The van der Waals surface area contributed by atoms with Crippen LogP contribution in [0.4, 0.5) is 15.8 Å². The maximum absolute atomic E-state index is 14.3. The number of benzene rings is 2. The summed E-state index contributed by atoms with van der Waals surface area (Å²) in [6.45, 7) is 4.09. The molecule has 0 atom stereocenters. The molecular weight excluding hydrogens is 525 g/mol. The summed E-state index contributed by atoms with van der Waals surface area (Å²) in [5.74, 6) is -1.03. The third kappa shape index (κ3) is 4.58. The second-order valence-corrected chi connectivity index (χ2v) is 10.8. The molecule has 0 unspecified atom stereocenters. The molecule has 5 aromatic rings. The maximum atomic E-state index is 14.3. The van der Waals surface area contributed by atoms with Gasteiger partial charge >= 0.3 is 0 Å². The molecule has 6 rings (SSSR count). The van der Waals surface area contributed by atoms with Gasteiger partial charge in [0, 0.05) is 24.0 Å². The number of amides is 2. The number of rotatable bonds is 4. The maximum Gasteiger partial charge on any atom is 0.276 e. The largest absolute Gasteiger partial charge is 0.319 e. The number of hydrogen-bond donors (Lipinski definition) is 1. The summed E-state index contributed by atoms with van der Waals surface area (Å²) in [6.07, 6.45) is 0.554. The van der Waals surface area contributed by atoms with E-state index in [-0.39, 0.29) is 17.5 Å². The first-order valence-electron chi connectivity index (χ1n) is 12.9. The van der Waals surface area contributed by atoms with Crippen molar-refractivity contribution in [1.82, 2.24) is 14.8 Å². The van der Waals surface area contributed by atoms with E-state index in [0.717, 1.165) is 33.1 Å². The summed E-state index contributed by atoms with van der Waals surface area (Å²) in [6, 6.07) is 21.6. The molecule has 4 heterocycles. The van der Waals surface area contributed by atoms with Gasteiger partial charge in [0.1, 0.15) is 11.5 Å². The van der Waals surface area contributed by atoms with Crippen LogP contribution in [-0.2, 0) is 13.5 Å². The molecule has 0 saturated heterocycles. The summed E-state index contributed by atoms with van der Waals surface area (Å²) in [7, 11) is 1.86. The van der Waals surface area contributed by atoms with Crippen LogP contribution in [0.3, 0.4) is 0 Å². The Bertz CT molecular complexity index is 1770. The van der Waals surface area contributed by atoms with Gasteiger partial charge in [-0.2, -0.15) is 5.10 Å². The monoisotopic (exact) mass is 551 g/mol. The zero-order chi connectivity index (χ0) is 28.0. The third-order valence-electron chi connectivity index (χ3n) is 7.02. The number of nitrogens with one attached hydrogen (secondary N) is 1. The Morgan fingerprint density at radius 2 is 1.80 bits per heavy atom. The van der Waals surface area contributed by atoms with E-state index in [0.29, 0.717) is 34.8 Å². The van der Waals surface area contributed by atoms with Gasteiger partial charge in [-0.3, -0.25) is 14.3 Å². The Hall–Kier alpha value is -4.63. The van der Waals surface area contributed by atoms with Gasteiger partial charge < -0.3 is 10.2 Å². The van der Waals surface area contributed by atoms with Gasteiger partial charge in [0.2, 0.25) is 0 Å². The molecule has 0 spiro atoms. The van der Waals surface area contributed by atoms with Crippen molar-refractivity contribution in [2.45, 2.75) is 20.3 Å². The van der Waals surface area contributed by atoms with Crippen LogP contribution in [0.25, 0.3) is 21.8 Å². The number of thiophene rings is 1. The molecule has 3 aromatic heterocycles. The molecule has 2 aromatic carbocycles. The fourth-order valence-electron chi connectivity index (χ4n) is 5.07. The lowest BCUT2D eigenvalue weighted by Gasteiger charge is -2.23. The summed E-state index contributed by atoms with van der Waals surface area (Å²) in [5, 5.41) is 7.13. The predicted octanol–water partition coefficient (Wildman–Crippen LogP) is 6.42. The van der Waals surface area contributed by atoms with Crippen molar-refractivity contribution in [2.24, 2.45) is 7.05 Å². The predicted molar refractivity (Wildman–Crippen MR) is 155 cm³/mol. The number of aryl methyl sites for hydroxylation is 3. The second-order valence-electron chi connectivity index (χ2n) is 9.78. The van der Waals surface area contributed by atoms with Gasteiger partial charge in [-0.1, -0.05) is 36.4 Å². The zero-order valence-corrected chi connectivity index (χ0v) is 23.1. The molecule has 0 fully saturated rings. The van der Waals surface area contributed by atoms with Gasteiger partial charge in [0.25, 0.3) is 11.8 Å². The molecule has 0 bridgehead atoms. The molecule has 1 N–H and O–H groups in total. The molecule has 0 aliphatic carbocycles. The second kappa shape index (κ2) is 10.2. The average Bonchev–Trinajstić information content (AvgIpc) is 3.49. The number of fused-ring (bicyclic) bond motifs is 3. The molecule has 9 heteroatoms. The molecule has 2 amide bonds. The Morgan fingerprint density at radius 1 is 1.00 bits per heavy atom. The summed E-state index contributed by atoms with van der Waals surface area (Å²) in [4.78, 5) is 34.8. The van der Waals surface area contributed by atoms with E-state index in [1.165, 1.54) is 17.4 Å². The van der Waals surface area contributed by atoms with Crippen LogP contribution in [0, 0.1) is 19.7 Å². The van der Waals surface area contributed by atoms with Crippen molar-refractivity contribution < 1.29 is 14.0 Å². The Morgan fingerprint density at radius 3 is 2.58 bits per heavy atom. The van der Waals surface area contributed by atoms with E-state index in [2.05, 4.69) is 10.4 Å². The van der Waals surface area contributed by atoms with Crippen molar-refractivity contribution in [3.05, 3.63) is 106 Å². The van der Waals surface area contributed by atoms with E-state index in [9.17, 15) is 14.0 Å². The molecule has 1 aliphatic rings. The Kier molecular flexibility index (Phi) is 6.51. The quantitative estimate of drug-likeness (QED) is 0.280. The average molecular weight is 552 g/mol. The van der Waals surface area contributed by atoms with Crippen molar-refractivity contribution in [1.29, 1.82) is 0 Å².